The summed E-state index contributed by atoms with van der Waals surface area (Å²) in [6, 6.07) is 11.1. The molecule has 0 unspecified atom stereocenters. The van der Waals surface area contributed by atoms with Crippen molar-refractivity contribution in [1.82, 2.24) is 19.9 Å². The van der Waals surface area contributed by atoms with Gasteiger partial charge in [0.2, 0.25) is 5.82 Å². The van der Waals surface area contributed by atoms with E-state index in [-0.39, 0.29) is 6.10 Å². The number of hydrogen-bond acceptors (Lipinski definition) is 7. The molecule has 2 aromatic carbocycles. The lowest BCUT2D eigenvalue weighted by molar-refractivity contribution is -0.147. The first-order valence-electron chi connectivity index (χ1n) is 10.7. The fourth-order valence-electron chi connectivity index (χ4n) is 3.46. The van der Waals surface area contributed by atoms with Crippen molar-refractivity contribution in [2.75, 3.05) is 5.73 Å². The molecule has 2 heterocycles. The molecule has 0 atom stereocenters. The fraction of sp³-hybridized carbons (Fsp3) is 0.333. The molecule has 2 aromatic heterocycles. The Labute approximate surface area is 191 Å². The number of anilines is 1. The highest BCUT2D eigenvalue weighted by atomic mass is 16.5. The SMILES string of the molecule is CC(C)Oc1ccc(-c2nc(-c3cccc4c3cnn4CCC(C)(C)C(=O)O)no2)cc1N. The summed E-state index contributed by atoms with van der Waals surface area (Å²) in [6.45, 7) is 7.78. The van der Waals surface area contributed by atoms with E-state index in [1.807, 2.05) is 38.1 Å². The smallest absolute Gasteiger partial charge is 0.309 e. The zero-order chi connectivity index (χ0) is 23.8. The van der Waals surface area contributed by atoms with Crippen LogP contribution in [0, 0.1) is 5.41 Å². The van der Waals surface area contributed by atoms with Gasteiger partial charge in [-0.05, 0) is 58.4 Å². The third kappa shape index (κ3) is 4.52. The molecule has 0 saturated carbocycles. The Morgan fingerprint density at radius 3 is 2.76 bits per heavy atom. The monoisotopic (exact) mass is 449 g/mol. The summed E-state index contributed by atoms with van der Waals surface area (Å²) in [7, 11) is 0. The minimum absolute atomic E-state index is 0.0183. The minimum Gasteiger partial charge on any atom is -0.489 e. The highest BCUT2D eigenvalue weighted by molar-refractivity contribution is 5.93. The molecule has 172 valence electrons. The number of nitrogen functional groups attached to an aromatic ring is 1. The molecule has 0 saturated heterocycles. The van der Waals surface area contributed by atoms with Crippen LogP contribution in [-0.2, 0) is 11.3 Å². The third-order valence-electron chi connectivity index (χ3n) is 5.50. The molecule has 3 N–H and O–H groups in total. The number of carboxylic acids is 1. The lowest BCUT2D eigenvalue weighted by Gasteiger charge is -2.18. The molecule has 4 aromatic rings. The fourth-order valence-corrected chi connectivity index (χ4v) is 3.46. The maximum Gasteiger partial charge on any atom is 0.309 e. The van der Waals surface area contributed by atoms with Crippen molar-refractivity contribution in [3.63, 3.8) is 0 Å². The quantitative estimate of drug-likeness (QED) is 0.373. The van der Waals surface area contributed by atoms with Crippen LogP contribution in [0.1, 0.15) is 34.1 Å². The number of nitrogens with two attached hydrogens (primary N) is 1. The molecule has 0 bridgehead atoms. The van der Waals surface area contributed by atoms with Crippen molar-refractivity contribution in [2.24, 2.45) is 5.41 Å². The average molecular weight is 450 g/mol. The van der Waals surface area contributed by atoms with E-state index in [9.17, 15) is 9.90 Å². The lowest BCUT2D eigenvalue weighted by Crippen LogP contribution is -2.25. The Morgan fingerprint density at radius 2 is 2.06 bits per heavy atom. The zero-order valence-electron chi connectivity index (χ0n) is 19.1. The normalized spacial score (nSPS) is 11.9. The number of nitrogens with zero attached hydrogens (tertiary/aromatic N) is 4. The molecule has 0 fully saturated rings. The van der Waals surface area contributed by atoms with E-state index in [1.54, 1.807) is 36.9 Å². The maximum absolute atomic E-state index is 11.4. The van der Waals surface area contributed by atoms with E-state index in [2.05, 4.69) is 15.2 Å². The predicted molar refractivity (Wildman–Crippen MR) is 125 cm³/mol. The van der Waals surface area contributed by atoms with Gasteiger partial charge in [-0.2, -0.15) is 10.1 Å². The molecule has 4 rings (SSSR count). The Hall–Kier alpha value is -3.88. The van der Waals surface area contributed by atoms with Crippen molar-refractivity contribution in [1.29, 1.82) is 0 Å². The lowest BCUT2D eigenvalue weighted by atomic mass is 9.90. The van der Waals surface area contributed by atoms with Crippen LogP contribution in [-0.4, -0.2) is 37.1 Å². The first kappa shape index (κ1) is 22.3. The number of carboxylic acid groups (broad SMARTS) is 1. The molecule has 9 heteroatoms. The molecular formula is C24H27N5O4. The van der Waals surface area contributed by atoms with Crippen LogP contribution in [0.15, 0.2) is 47.1 Å². The van der Waals surface area contributed by atoms with Crippen LogP contribution in [0.4, 0.5) is 5.69 Å². The third-order valence-corrected chi connectivity index (χ3v) is 5.50. The number of carbonyl (C=O) groups is 1. The first-order valence-corrected chi connectivity index (χ1v) is 10.7. The second kappa shape index (κ2) is 8.57. The molecule has 0 spiro atoms. The van der Waals surface area contributed by atoms with Crippen LogP contribution in [0.25, 0.3) is 33.7 Å². The topological polar surface area (TPSA) is 129 Å². The van der Waals surface area contributed by atoms with E-state index in [4.69, 9.17) is 15.0 Å². The summed E-state index contributed by atoms with van der Waals surface area (Å²) in [5.74, 6) is 0.558. The average Bonchev–Trinajstić information content (AvgIpc) is 3.40. The highest BCUT2D eigenvalue weighted by Crippen LogP contribution is 2.32. The van der Waals surface area contributed by atoms with Gasteiger partial charge in [0, 0.05) is 23.1 Å². The maximum atomic E-state index is 11.4. The number of benzene rings is 2. The van der Waals surface area contributed by atoms with Gasteiger partial charge in [0.25, 0.3) is 5.89 Å². The van der Waals surface area contributed by atoms with Crippen LogP contribution in [0.2, 0.25) is 0 Å². The van der Waals surface area contributed by atoms with Crippen LogP contribution in [0.3, 0.4) is 0 Å². The number of aliphatic carboxylic acids is 1. The van der Waals surface area contributed by atoms with Crippen molar-refractivity contribution in [2.45, 2.75) is 46.8 Å². The number of aromatic nitrogens is 4. The van der Waals surface area contributed by atoms with E-state index in [0.29, 0.717) is 41.7 Å². The first-order chi connectivity index (χ1) is 15.7. The number of fused-ring (bicyclic) bond motifs is 1. The van der Waals surface area contributed by atoms with Crippen LogP contribution < -0.4 is 10.5 Å². The molecule has 0 aliphatic heterocycles. The summed E-state index contributed by atoms with van der Waals surface area (Å²) in [5.41, 5.74) is 8.12. The minimum atomic E-state index is -0.837. The van der Waals surface area contributed by atoms with Gasteiger partial charge in [0.1, 0.15) is 5.75 Å². The number of rotatable bonds is 8. The molecule has 0 amide bonds. The Balaban J connectivity index is 1.61. The molecule has 0 aliphatic carbocycles. The summed E-state index contributed by atoms with van der Waals surface area (Å²) < 4.78 is 13.0. The standard InChI is InChI=1S/C24H27N5O4/c1-14(2)32-20-9-8-15(12-18(20)25)22-27-21(28-33-22)16-6-5-7-19-17(16)13-26-29(19)11-10-24(3,4)23(30)31/h5-9,12-14H,10-11,25H2,1-4H3,(H,30,31). The van der Waals surface area contributed by atoms with Gasteiger partial charge in [-0.3, -0.25) is 9.48 Å². The molecular weight excluding hydrogens is 422 g/mol. The largest absolute Gasteiger partial charge is 0.489 e. The zero-order valence-corrected chi connectivity index (χ0v) is 19.1. The summed E-state index contributed by atoms with van der Waals surface area (Å²) in [4.78, 5) is 16.0. The van der Waals surface area contributed by atoms with Crippen molar-refractivity contribution in [3.8, 4) is 28.6 Å². The van der Waals surface area contributed by atoms with E-state index >= 15 is 0 Å². The van der Waals surface area contributed by atoms with Crippen LogP contribution in [0.5, 0.6) is 5.75 Å². The number of ether oxygens (including phenoxy) is 1. The molecule has 0 aliphatic rings. The summed E-state index contributed by atoms with van der Waals surface area (Å²) in [6.07, 6.45) is 2.21. The second-order valence-electron chi connectivity index (χ2n) is 8.89. The molecule has 0 radical (unpaired) electrons. The molecule has 33 heavy (non-hydrogen) atoms. The van der Waals surface area contributed by atoms with Crippen molar-refractivity contribution in [3.05, 3.63) is 42.6 Å². The van der Waals surface area contributed by atoms with Gasteiger partial charge < -0.3 is 20.1 Å². The van der Waals surface area contributed by atoms with E-state index in [0.717, 1.165) is 16.5 Å². The number of hydrogen-bond donors (Lipinski definition) is 2. The van der Waals surface area contributed by atoms with Gasteiger partial charge in [-0.1, -0.05) is 17.3 Å². The van der Waals surface area contributed by atoms with E-state index in [1.165, 1.54) is 0 Å². The number of aryl methyl sites for hydroxylation is 1. The highest BCUT2D eigenvalue weighted by Gasteiger charge is 2.27. The Kier molecular flexibility index (Phi) is 5.80. The van der Waals surface area contributed by atoms with Crippen molar-refractivity contribution < 1.29 is 19.2 Å². The van der Waals surface area contributed by atoms with Gasteiger partial charge in [0.05, 0.1) is 28.9 Å². The summed E-state index contributed by atoms with van der Waals surface area (Å²) in [5, 5.41) is 18.8. The van der Waals surface area contributed by atoms with Crippen LogP contribution >= 0.6 is 0 Å². The summed E-state index contributed by atoms with van der Waals surface area (Å²) >= 11 is 0. The van der Waals surface area contributed by atoms with Gasteiger partial charge >= 0.3 is 5.97 Å². The predicted octanol–water partition coefficient (Wildman–Crippen LogP) is 4.62. The van der Waals surface area contributed by atoms with Gasteiger partial charge in [-0.25, -0.2) is 0 Å². The Bertz CT molecular complexity index is 1310. The molecule has 9 nitrogen and oxygen atoms in total. The van der Waals surface area contributed by atoms with Gasteiger partial charge in [0.15, 0.2) is 0 Å². The van der Waals surface area contributed by atoms with Gasteiger partial charge in [-0.15, -0.1) is 0 Å². The second-order valence-corrected chi connectivity index (χ2v) is 8.89. The van der Waals surface area contributed by atoms with Crippen molar-refractivity contribution >= 4 is 22.6 Å². The Morgan fingerprint density at radius 1 is 1.27 bits per heavy atom. The van der Waals surface area contributed by atoms with E-state index < -0.39 is 11.4 Å².